The average molecular weight is 179 g/mol. The highest BCUT2D eigenvalue weighted by molar-refractivity contribution is 5.12. The van der Waals surface area contributed by atoms with E-state index in [2.05, 4.69) is 19.9 Å². The lowest BCUT2D eigenvalue weighted by Crippen LogP contribution is -2.20. The van der Waals surface area contributed by atoms with E-state index in [1.807, 2.05) is 0 Å². The number of nitrogens with two attached hydrogens (primary N) is 1. The van der Waals surface area contributed by atoms with Crippen molar-refractivity contribution in [2.75, 3.05) is 18.8 Å². The average Bonchev–Trinajstić information content (AvgIpc) is 2.57. The molecule has 13 heavy (non-hydrogen) atoms. The van der Waals surface area contributed by atoms with Crippen molar-refractivity contribution >= 4 is 5.95 Å². The van der Waals surface area contributed by atoms with Gasteiger partial charge in [-0.1, -0.05) is 0 Å². The molecule has 2 heterocycles. The van der Waals surface area contributed by atoms with Crippen LogP contribution in [0.25, 0.3) is 0 Å². The number of hydrogen-bond acceptors (Lipinski definition) is 5. The van der Waals surface area contributed by atoms with E-state index in [0.29, 0.717) is 5.95 Å². The van der Waals surface area contributed by atoms with E-state index in [9.17, 15) is 0 Å². The standard InChI is InChI=1S/C8H13N5/c9-8-11-6-10-7(12-8)5-13-3-1-2-4-13/h6H,1-5H2,(H2,9,10,11,12). The first kappa shape index (κ1) is 8.37. The maximum Gasteiger partial charge on any atom is 0.223 e. The van der Waals surface area contributed by atoms with Crippen LogP contribution in [0.5, 0.6) is 0 Å². The predicted molar refractivity (Wildman–Crippen MR) is 48.8 cm³/mol. The van der Waals surface area contributed by atoms with Gasteiger partial charge in [-0.2, -0.15) is 4.98 Å². The van der Waals surface area contributed by atoms with Gasteiger partial charge in [0.2, 0.25) is 5.95 Å². The second kappa shape index (κ2) is 3.66. The fourth-order valence-corrected chi connectivity index (χ4v) is 1.56. The number of nitrogens with zero attached hydrogens (tertiary/aromatic N) is 4. The summed E-state index contributed by atoms with van der Waals surface area (Å²) in [4.78, 5) is 14.2. The van der Waals surface area contributed by atoms with Crippen molar-refractivity contribution < 1.29 is 0 Å². The Morgan fingerprint density at radius 1 is 1.31 bits per heavy atom. The molecule has 0 saturated carbocycles. The molecule has 0 radical (unpaired) electrons. The molecule has 0 unspecified atom stereocenters. The predicted octanol–water partition coefficient (Wildman–Crippen LogP) is 0.0496. The maximum atomic E-state index is 5.45. The van der Waals surface area contributed by atoms with Crippen molar-refractivity contribution in [3.8, 4) is 0 Å². The highest BCUT2D eigenvalue weighted by atomic mass is 15.2. The quantitative estimate of drug-likeness (QED) is 0.694. The Kier molecular flexibility index (Phi) is 2.35. The van der Waals surface area contributed by atoms with Crippen LogP contribution in [0.1, 0.15) is 18.7 Å². The van der Waals surface area contributed by atoms with Crippen molar-refractivity contribution in [2.45, 2.75) is 19.4 Å². The minimum atomic E-state index is 0.309. The van der Waals surface area contributed by atoms with E-state index in [1.54, 1.807) is 0 Å². The molecule has 2 rings (SSSR count). The van der Waals surface area contributed by atoms with E-state index >= 15 is 0 Å². The lowest BCUT2D eigenvalue weighted by molar-refractivity contribution is 0.322. The summed E-state index contributed by atoms with van der Waals surface area (Å²) in [5, 5.41) is 0. The van der Waals surface area contributed by atoms with Crippen molar-refractivity contribution in [1.29, 1.82) is 0 Å². The molecule has 1 fully saturated rings. The zero-order chi connectivity index (χ0) is 9.10. The summed E-state index contributed by atoms with van der Waals surface area (Å²) in [6.45, 7) is 3.09. The number of likely N-dealkylation sites (tertiary alicyclic amines) is 1. The fraction of sp³-hybridized carbons (Fsp3) is 0.625. The van der Waals surface area contributed by atoms with Crippen LogP contribution in [0.15, 0.2) is 6.33 Å². The molecule has 1 aromatic rings. The molecule has 0 spiro atoms. The third-order valence-electron chi connectivity index (χ3n) is 2.20. The van der Waals surface area contributed by atoms with E-state index in [-0.39, 0.29) is 0 Å². The topological polar surface area (TPSA) is 67.9 Å². The summed E-state index contributed by atoms with van der Waals surface area (Å²) in [7, 11) is 0. The van der Waals surface area contributed by atoms with Crippen LogP contribution in [-0.4, -0.2) is 32.9 Å². The molecule has 1 aromatic heterocycles. The molecule has 1 aliphatic heterocycles. The maximum absolute atomic E-state index is 5.45. The minimum Gasteiger partial charge on any atom is -0.368 e. The van der Waals surface area contributed by atoms with Gasteiger partial charge in [-0.3, -0.25) is 4.90 Å². The van der Waals surface area contributed by atoms with Gasteiger partial charge >= 0.3 is 0 Å². The van der Waals surface area contributed by atoms with E-state index in [0.717, 1.165) is 25.5 Å². The Balaban J connectivity index is 2.00. The molecule has 0 aliphatic carbocycles. The molecular weight excluding hydrogens is 166 g/mol. The molecule has 5 nitrogen and oxygen atoms in total. The second-order valence-corrected chi connectivity index (χ2v) is 3.24. The molecule has 0 bridgehead atoms. The molecule has 70 valence electrons. The minimum absolute atomic E-state index is 0.309. The van der Waals surface area contributed by atoms with Gasteiger partial charge in [0, 0.05) is 0 Å². The van der Waals surface area contributed by atoms with Crippen molar-refractivity contribution in [3.63, 3.8) is 0 Å². The van der Waals surface area contributed by atoms with Gasteiger partial charge in [0.05, 0.1) is 6.54 Å². The van der Waals surface area contributed by atoms with Crippen molar-refractivity contribution in [1.82, 2.24) is 19.9 Å². The van der Waals surface area contributed by atoms with Gasteiger partial charge in [-0.15, -0.1) is 0 Å². The lowest BCUT2D eigenvalue weighted by Gasteiger charge is -2.12. The first-order chi connectivity index (χ1) is 6.34. The molecule has 1 aliphatic rings. The summed E-state index contributed by atoms with van der Waals surface area (Å²) < 4.78 is 0. The Hall–Kier alpha value is -1.23. The van der Waals surface area contributed by atoms with Gasteiger partial charge in [0.1, 0.15) is 12.2 Å². The Bertz CT molecular complexity index is 282. The number of rotatable bonds is 2. The summed E-state index contributed by atoms with van der Waals surface area (Å²) in [6.07, 6.45) is 4.02. The summed E-state index contributed by atoms with van der Waals surface area (Å²) in [6, 6.07) is 0. The number of aromatic nitrogens is 3. The highest BCUT2D eigenvalue weighted by Crippen LogP contribution is 2.09. The van der Waals surface area contributed by atoms with Crippen molar-refractivity contribution in [3.05, 3.63) is 12.2 Å². The van der Waals surface area contributed by atoms with Gasteiger partial charge in [-0.05, 0) is 25.9 Å². The Morgan fingerprint density at radius 3 is 2.77 bits per heavy atom. The smallest absolute Gasteiger partial charge is 0.223 e. The van der Waals surface area contributed by atoms with Gasteiger partial charge < -0.3 is 5.73 Å². The number of hydrogen-bond donors (Lipinski definition) is 1. The lowest BCUT2D eigenvalue weighted by atomic mass is 10.4. The van der Waals surface area contributed by atoms with Crippen LogP contribution in [0, 0.1) is 0 Å². The molecule has 1 saturated heterocycles. The largest absolute Gasteiger partial charge is 0.368 e. The van der Waals surface area contributed by atoms with Gasteiger partial charge in [-0.25, -0.2) is 9.97 Å². The monoisotopic (exact) mass is 179 g/mol. The Morgan fingerprint density at radius 2 is 2.08 bits per heavy atom. The molecule has 0 amide bonds. The van der Waals surface area contributed by atoms with E-state index in [1.165, 1.54) is 19.2 Å². The van der Waals surface area contributed by atoms with Crippen LogP contribution in [0.3, 0.4) is 0 Å². The van der Waals surface area contributed by atoms with Crippen LogP contribution < -0.4 is 5.73 Å². The molecule has 0 aromatic carbocycles. The summed E-state index contributed by atoms with van der Waals surface area (Å²) >= 11 is 0. The van der Waals surface area contributed by atoms with E-state index in [4.69, 9.17) is 5.73 Å². The third-order valence-corrected chi connectivity index (χ3v) is 2.20. The SMILES string of the molecule is Nc1ncnc(CN2CCCC2)n1. The zero-order valence-electron chi connectivity index (χ0n) is 7.48. The van der Waals surface area contributed by atoms with Crippen LogP contribution in [-0.2, 0) is 6.54 Å². The number of nitrogen functional groups attached to an aromatic ring is 1. The van der Waals surface area contributed by atoms with Crippen LogP contribution in [0.4, 0.5) is 5.95 Å². The molecule has 0 atom stereocenters. The Labute approximate surface area is 77.0 Å². The summed E-state index contributed by atoms with van der Waals surface area (Å²) in [5.41, 5.74) is 5.45. The second-order valence-electron chi connectivity index (χ2n) is 3.24. The normalized spacial score (nSPS) is 17.8. The molecular formula is C8H13N5. The molecule has 2 N–H and O–H groups in total. The third kappa shape index (κ3) is 2.12. The van der Waals surface area contributed by atoms with Gasteiger partial charge in [0.15, 0.2) is 0 Å². The first-order valence-electron chi connectivity index (χ1n) is 4.50. The fourth-order valence-electron chi connectivity index (χ4n) is 1.56. The highest BCUT2D eigenvalue weighted by Gasteiger charge is 2.12. The summed E-state index contributed by atoms with van der Waals surface area (Å²) in [5.74, 6) is 1.08. The first-order valence-corrected chi connectivity index (χ1v) is 4.50. The van der Waals surface area contributed by atoms with Crippen molar-refractivity contribution in [2.24, 2.45) is 0 Å². The molecule has 5 heteroatoms. The zero-order valence-corrected chi connectivity index (χ0v) is 7.48. The number of anilines is 1. The van der Waals surface area contributed by atoms with Gasteiger partial charge in [0.25, 0.3) is 0 Å². The van der Waals surface area contributed by atoms with Crippen LogP contribution in [0.2, 0.25) is 0 Å². The van der Waals surface area contributed by atoms with E-state index < -0.39 is 0 Å². The van der Waals surface area contributed by atoms with Crippen LogP contribution >= 0.6 is 0 Å².